The first kappa shape index (κ1) is 24.4. The number of nitrogens with zero attached hydrogens (tertiary/aromatic N) is 1. The van der Waals surface area contributed by atoms with Crippen LogP contribution in [0.25, 0.3) is 0 Å². The number of carbonyl (C=O) groups excluding carboxylic acids is 2. The normalized spacial score (nSPS) is 25.0. The number of aromatic nitrogens is 1. The number of benzene rings is 1. The van der Waals surface area contributed by atoms with Crippen LogP contribution >= 0.6 is 0 Å². The average molecular weight is 474 g/mol. The number of phenolic OH excluding ortho intramolecular Hbond substituents is 1. The SMILES string of the molecule is COC(=O)c1cc(NC(=O)[C@H]2O[C@@](C)(C(F)(F)F)[C@@H](C)[C@H]2c2ccc(F)c(F)c2O)ccn1. The summed E-state index contributed by atoms with van der Waals surface area (Å²) in [5.74, 6) is -9.12. The maximum atomic E-state index is 14.0. The van der Waals surface area contributed by atoms with Gasteiger partial charge in [0.05, 0.1) is 7.11 Å². The Morgan fingerprint density at radius 2 is 1.91 bits per heavy atom. The highest BCUT2D eigenvalue weighted by Gasteiger charge is 2.65. The summed E-state index contributed by atoms with van der Waals surface area (Å²) >= 11 is 0. The van der Waals surface area contributed by atoms with E-state index < -0.39 is 64.5 Å². The Bertz CT molecular complexity index is 1090. The van der Waals surface area contributed by atoms with Gasteiger partial charge in [0.1, 0.15) is 11.8 Å². The fraction of sp³-hybridized carbons (Fsp3) is 0.381. The van der Waals surface area contributed by atoms with Crippen LogP contribution in [0.5, 0.6) is 5.75 Å². The Labute approximate surface area is 184 Å². The second-order valence-electron chi connectivity index (χ2n) is 7.67. The van der Waals surface area contributed by atoms with Gasteiger partial charge in [-0.3, -0.25) is 4.79 Å². The molecule has 0 spiro atoms. The number of hydrogen-bond donors (Lipinski definition) is 2. The third-order valence-electron chi connectivity index (χ3n) is 5.81. The summed E-state index contributed by atoms with van der Waals surface area (Å²) in [4.78, 5) is 28.4. The van der Waals surface area contributed by atoms with Gasteiger partial charge in [0.25, 0.3) is 5.91 Å². The number of alkyl halides is 3. The summed E-state index contributed by atoms with van der Waals surface area (Å²) in [5, 5.41) is 12.4. The minimum atomic E-state index is -4.93. The predicted octanol–water partition coefficient (Wildman–Crippen LogP) is 3.93. The predicted molar refractivity (Wildman–Crippen MR) is 103 cm³/mol. The number of ether oxygens (including phenoxy) is 2. The lowest BCUT2D eigenvalue weighted by molar-refractivity contribution is -0.272. The fourth-order valence-corrected chi connectivity index (χ4v) is 3.78. The molecule has 1 saturated heterocycles. The van der Waals surface area contributed by atoms with Gasteiger partial charge in [-0.15, -0.1) is 0 Å². The molecule has 0 radical (unpaired) electrons. The van der Waals surface area contributed by atoms with Crippen molar-refractivity contribution in [3.63, 3.8) is 0 Å². The van der Waals surface area contributed by atoms with E-state index in [1.165, 1.54) is 12.3 Å². The van der Waals surface area contributed by atoms with Gasteiger partial charge in [0.2, 0.25) is 5.82 Å². The number of hydrogen-bond acceptors (Lipinski definition) is 6. The molecule has 2 heterocycles. The number of pyridine rings is 1. The summed E-state index contributed by atoms with van der Waals surface area (Å²) in [7, 11) is 1.11. The molecule has 0 bridgehead atoms. The second-order valence-corrected chi connectivity index (χ2v) is 7.67. The molecule has 4 atom stereocenters. The van der Waals surface area contributed by atoms with E-state index in [9.17, 15) is 36.6 Å². The number of phenols is 1. The van der Waals surface area contributed by atoms with Crippen molar-refractivity contribution in [3.05, 3.63) is 53.4 Å². The van der Waals surface area contributed by atoms with Crippen LogP contribution in [-0.2, 0) is 14.3 Å². The van der Waals surface area contributed by atoms with E-state index in [0.717, 1.165) is 33.1 Å². The molecule has 0 saturated carbocycles. The molecular weight excluding hydrogens is 455 g/mol. The Morgan fingerprint density at radius 1 is 1.24 bits per heavy atom. The Hall–Kier alpha value is -3.28. The molecule has 0 unspecified atom stereocenters. The van der Waals surface area contributed by atoms with Crippen LogP contribution in [0.4, 0.5) is 27.6 Å². The molecule has 12 heteroatoms. The highest BCUT2D eigenvalue weighted by atomic mass is 19.4. The Morgan fingerprint density at radius 3 is 2.52 bits per heavy atom. The second kappa shape index (κ2) is 8.58. The molecule has 7 nitrogen and oxygen atoms in total. The van der Waals surface area contributed by atoms with Gasteiger partial charge in [0.15, 0.2) is 17.2 Å². The van der Waals surface area contributed by atoms with Crippen LogP contribution in [0.1, 0.15) is 35.8 Å². The standard InChI is InChI=1S/C21H19F5N2O5/c1-9-14(11-4-5-12(22)15(23)16(11)29)17(33-20(9,2)21(24,25)26)18(30)28-10-6-7-27-13(8-10)19(31)32-3/h4-9,14,17,29H,1-3H3,(H,27,28,30)/t9-,14-,17-,20+/m0/s1. The van der Waals surface area contributed by atoms with Gasteiger partial charge in [-0.2, -0.15) is 17.6 Å². The highest BCUT2D eigenvalue weighted by Crippen LogP contribution is 2.54. The zero-order chi connectivity index (χ0) is 24.7. The molecule has 178 valence electrons. The van der Waals surface area contributed by atoms with Crippen molar-refractivity contribution < 1.29 is 46.1 Å². The number of methoxy groups -OCH3 is 1. The van der Waals surface area contributed by atoms with E-state index in [1.54, 1.807) is 0 Å². The van der Waals surface area contributed by atoms with Gasteiger partial charge in [-0.25, -0.2) is 14.2 Å². The molecule has 3 rings (SSSR count). The lowest BCUT2D eigenvalue weighted by atomic mass is 9.77. The third kappa shape index (κ3) is 4.22. The van der Waals surface area contributed by atoms with Crippen molar-refractivity contribution in [2.45, 2.75) is 37.6 Å². The number of carbonyl (C=O) groups is 2. The van der Waals surface area contributed by atoms with Crippen molar-refractivity contribution in [2.75, 3.05) is 12.4 Å². The summed E-state index contributed by atoms with van der Waals surface area (Å²) in [6.45, 7) is 1.87. The van der Waals surface area contributed by atoms with Gasteiger partial charge in [-0.05, 0) is 25.1 Å². The molecule has 2 aromatic rings. The molecule has 1 aliphatic rings. The molecule has 1 aromatic carbocycles. The average Bonchev–Trinajstić information content (AvgIpc) is 3.04. The molecule has 1 aliphatic heterocycles. The van der Waals surface area contributed by atoms with Crippen LogP contribution in [0.15, 0.2) is 30.5 Å². The number of aromatic hydroxyl groups is 1. The molecule has 1 amide bonds. The van der Waals surface area contributed by atoms with Crippen LogP contribution in [0.2, 0.25) is 0 Å². The monoisotopic (exact) mass is 474 g/mol. The van der Waals surface area contributed by atoms with E-state index >= 15 is 0 Å². The lowest BCUT2D eigenvalue weighted by Gasteiger charge is -2.31. The van der Waals surface area contributed by atoms with Crippen LogP contribution in [0.3, 0.4) is 0 Å². The van der Waals surface area contributed by atoms with Crippen LogP contribution < -0.4 is 5.32 Å². The van der Waals surface area contributed by atoms with Crippen molar-refractivity contribution in [1.29, 1.82) is 0 Å². The summed E-state index contributed by atoms with van der Waals surface area (Å²) < 4.78 is 78.8. The molecule has 1 aromatic heterocycles. The first-order chi connectivity index (χ1) is 15.3. The topological polar surface area (TPSA) is 97.8 Å². The first-order valence-electron chi connectivity index (χ1n) is 9.58. The maximum Gasteiger partial charge on any atom is 0.417 e. The summed E-state index contributed by atoms with van der Waals surface area (Å²) in [5.41, 5.74) is -3.43. The van der Waals surface area contributed by atoms with Crippen molar-refractivity contribution in [2.24, 2.45) is 5.92 Å². The van der Waals surface area contributed by atoms with Gasteiger partial charge < -0.3 is 19.9 Å². The van der Waals surface area contributed by atoms with E-state index in [4.69, 9.17) is 4.74 Å². The van der Waals surface area contributed by atoms with E-state index in [2.05, 4.69) is 15.0 Å². The number of halogens is 5. The molecule has 0 aliphatic carbocycles. The maximum absolute atomic E-state index is 14.0. The zero-order valence-electron chi connectivity index (χ0n) is 17.5. The third-order valence-corrected chi connectivity index (χ3v) is 5.81. The Balaban J connectivity index is 2.03. The number of rotatable bonds is 4. The number of esters is 1. The molecular formula is C21H19F5N2O5. The van der Waals surface area contributed by atoms with Gasteiger partial charge >= 0.3 is 12.1 Å². The molecule has 1 fully saturated rings. The number of nitrogens with one attached hydrogen (secondary N) is 1. The van der Waals surface area contributed by atoms with Crippen molar-refractivity contribution in [1.82, 2.24) is 4.98 Å². The summed E-state index contributed by atoms with van der Waals surface area (Å²) in [6.07, 6.45) is -5.61. The van der Waals surface area contributed by atoms with Gasteiger partial charge in [0, 0.05) is 29.3 Å². The molecule has 2 N–H and O–H groups in total. The minimum absolute atomic E-state index is 0.000485. The smallest absolute Gasteiger partial charge is 0.417 e. The van der Waals surface area contributed by atoms with Crippen LogP contribution in [-0.4, -0.2) is 47.0 Å². The summed E-state index contributed by atoms with van der Waals surface area (Å²) in [6, 6.07) is 3.95. The Kier molecular flexibility index (Phi) is 6.33. The van der Waals surface area contributed by atoms with Crippen molar-refractivity contribution >= 4 is 17.6 Å². The van der Waals surface area contributed by atoms with E-state index in [1.807, 2.05) is 0 Å². The minimum Gasteiger partial charge on any atom is -0.505 e. The quantitative estimate of drug-likeness (QED) is 0.515. The lowest BCUT2D eigenvalue weighted by Crippen LogP contribution is -2.47. The van der Waals surface area contributed by atoms with Crippen molar-refractivity contribution in [3.8, 4) is 5.75 Å². The first-order valence-corrected chi connectivity index (χ1v) is 9.58. The largest absolute Gasteiger partial charge is 0.505 e. The van der Waals surface area contributed by atoms with E-state index in [0.29, 0.717) is 6.07 Å². The van der Waals surface area contributed by atoms with Crippen LogP contribution in [0, 0.1) is 17.6 Å². The molecule has 33 heavy (non-hydrogen) atoms. The fourth-order valence-electron chi connectivity index (χ4n) is 3.78. The highest BCUT2D eigenvalue weighted by molar-refractivity contribution is 5.96. The zero-order valence-corrected chi connectivity index (χ0v) is 17.5. The van der Waals surface area contributed by atoms with Gasteiger partial charge in [-0.1, -0.05) is 13.0 Å². The van der Waals surface area contributed by atoms with E-state index in [-0.39, 0.29) is 11.4 Å². The number of anilines is 1. The number of amides is 1.